The van der Waals surface area contributed by atoms with Crippen molar-refractivity contribution in [3.05, 3.63) is 36.5 Å². The molecule has 2 aromatic rings. The normalized spacial score (nSPS) is 20.4. The molecule has 0 aliphatic heterocycles. The van der Waals surface area contributed by atoms with Gasteiger partial charge in [-0.25, -0.2) is 4.79 Å². The maximum Gasteiger partial charge on any atom is 1.00 e. The molecule has 0 radical (unpaired) electrons. The van der Waals surface area contributed by atoms with Crippen molar-refractivity contribution in [3.63, 3.8) is 0 Å². The number of para-hydroxylation sites is 1. The van der Waals surface area contributed by atoms with E-state index < -0.39 is 5.60 Å². The van der Waals surface area contributed by atoms with E-state index in [1.807, 2.05) is 51.1 Å². The Morgan fingerprint density at radius 3 is 1.64 bits per heavy atom. The molecule has 3 nitrogen and oxygen atoms in total. The van der Waals surface area contributed by atoms with Crippen molar-refractivity contribution in [1.29, 1.82) is 0 Å². The molecule has 0 spiro atoms. The van der Waals surface area contributed by atoms with Crippen LogP contribution in [0.2, 0.25) is 0 Å². The molecular weight excluding hydrogens is 646 g/mol. The van der Waals surface area contributed by atoms with Crippen molar-refractivity contribution >= 4 is 24.9 Å². The van der Waals surface area contributed by atoms with Gasteiger partial charge in [-0.05, 0) is 88.4 Å². The average Bonchev–Trinajstić information content (AvgIpc) is 3.30. The summed E-state index contributed by atoms with van der Waals surface area (Å²) in [6, 6.07) is 9.62. The van der Waals surface area contributed by atoms with Gasteiger partial charge in [0.15, 0.2) is 0 Å². The van der Waals surface area contributed by atoms with Crippen molar-refractivity contribution in [1.82, 2.24) is 4.57 Å². The maximum atomic E-state index is 11.9. The number of hydrogen-bond acceptors (Lipinski definition) is 2. The first-order chi connectivity index (χ1) is 16.9. The SMILES string of the molecule is C1CCC(P(C2CCCCC2)C2CCCCC2)CC1.CC(C)(C)OC(=O)n1ccc2ccccc21.[Au+]. The molecule has 1 aromatic heterocycles. The number of hydrogen-bond donors (Lipinski definition) is 0. The fourth-order valence-electron chi connectivity index (χ4n) is 6.59. The summed E-state index contributed by atoms with van der Waals surface area (Å²) in [5.41, 5.74) is 3.97. The predicted octanol–water partition coefficient (Wildman–Crippen LogP) is 9.89. The molecule has 0 unspecified atom stereocenters. The van der Waals surface area contributed by atoms with E-state index in [-0.39, 0.29) is 28.5 Å². The first-order valence-corrected chi connectivity index (χ1v) is 16.0. The van der Waals surface area contributed by atoms with Crippen LogP contribution in [0.4, 0.5) is 4.79 Å². The summed E-state index contributed by atoms with van der Waals surface area (Å²) < 4.78 is 6.84. The van der Waals surface area contributed by atoms with E-state index in [2.05, 4.69) is 0 Å². The second-order valence-electron chi connectivity index (χ2n) is 12.0. The van der Waals surface area contributed by atoms with Crippen LogP contribution < -0.4 is 0 Å². The van der Waals surface area contributed by atoms with Crippen LogP contribution >= 0.6 is 7.92 Å². The fraction of sp³-hybridized carbons (Fsp3) is 0.710. The standard InChI is InChI=1S/C18H33P.C13H15NO2.Au/c1-4-10-16(11-5-1)19(17-12-6-2-7-13-17)18-14-8-3-9-15-18;1-13(2,3)16-12(15)14-9-8-10-6-4-5-7-11(10)14;/h16-18H,1-15H2;4-9H,1-3H3;/q;;+1. The number of carbonyl (C=O) groups is 1. The van der Waals surface area contributed by atoms with Crippen LogP contribution in [-0.4, -0.2) is 33.2 Å². The van der Waals surface area contributed by atoms with Crippen molar-refractivity contribution in [2.45, 2.75) is 140 Å². The van der Waals surface area contributed by atoms with Crippen LogP contribution in [0.1, 0.15) is 117 Å². The summed E-state index contributed by atoms with van der Waals surface area (Å²) in [4.78, 5) is 11.9. The van der Waals surface area contributed by atoms with Crippen molar-refractivity contribution in [3.8, 4) is 0 Å². The smallest absolute Gasteiger partial charge is 0.443 e. The molecule has 0 bridgehead atoms. The largest absolute Gasteiger partial charge is 1.00 e. The summed E-state index contributed by atoms with van der Waals surface area (Å²) in [7, 11) is 0.385. The van der Waals surface area contributed by atoms with Crippen LogP contribution in [0.25, 0.3) is 10.9 Å². The topological polar surface area (TPSA) is 31.2 Å². The molecule has 5 rings (SSSR count). The Balaban J connectivity index is 0.000000198. The van der Waals surface area contributed by atoms with Gasteiger partial charge in [-0.15, -0.1) is 0 Å². The second kappa shape index (κ2) is 14.5. The molecule has 5 heteroatoms. The van der Waals surface area contributed by atoms with E-state index in [1.165, 1.54) is 40.8 Å². The number of carbonyl (C=O) groups excluding carboxylic acids is 1. The molecule has 1 heterocycles. The van der Waals surface area contributed by atoms with Crippen LogP contribution in [0.15, 0.2) is 36.5 Å². The average molecular weight is 695 g/mol. The number of benzene rings is 1. The zero-order valence-electron chi connectivity index (χ0n) is 22.8. The zero-order chi connectivity index (χ0) is 24.7. The summed E-state index contributed by atoms with van der Waals surface area (Å²) in [6.45, 7) is 5.57. The summed E-state index contributed by atoms with van der Waals surface area (Å²) >= 11 is 0. The van der Waals surface area contributed by atoms with Gasteiger partial charge in [0, 0.05) is 11.6 Å². The van der Waals surface area contributed by atoms with Gasteiger partial charge < -0.3 is 4.74 Å². The van der Waals surface area contributed by atoms with Gasteiger partial charge in [0.1, 0.15) is 5.60 Å². The second-order valence-corrected chi connectivity index (χ2v) is 15.1. The van der Waals surface area contributed by atoms with Crippen molar-refractivity contribution in [2.75, 3.05) is 0 Å². The van der Waals surface area contributed by atoms with Crippen LogP contribution in [0.5, 0.6) is 0 Å². The van der Waals surface area contributed by atoms with Gasteiger partial charge in [-0.3, -0.25) is 4.57 Å². The van der Waals surface area contributed by atoms with Gasteiger partial charge >= 0.3 is 28.5 Å². The number of rotatable bonds is 3. The molecule has 36 heavy (non-hydrogen) atoms. The number of fused-ring (bicyclic) bond motifs is 1. The minimum absolute atomic E-state index is 0. The Kier molecular flexibility index (Phi) is 12.1. The predicted molar refractivity (Wildman–Crippen MR) is 151 cm³/mol. The molecule has 0 saturated heterocycles. The molecule has 204 valence electrons. The Morgan fingerprint density at radius 2 is 1.19 bits per heavy atom. The molecule has 3 fully saturated rings. The molecule has 0 atom stereocenters. The Morgan fingerprint density at radius 1 is 0.750 bits per heavy atom. The molecule has 0 N–H and O–H groups in total. The summed E-state index contributed by atoms with van der Waals surface area (Å²) in [6.07, 6.45) is 25.0. The molecule has 3 aliphatic carbocycles. The van der Waals surface area contributed by atoms with E-state index in [0.29, 0.717) is 7.92 Å². The number of ether oxygens (including phenoxy) is 1. The molecular formula is C31H48AuNO2P+. The van der Waals surface area contributed by atoms with Gasteiger partial charge in [-0.2, -0.15) is 0 Å². The van der Waals surface area contributed by atoms with Crippen molar-refractivity contribution < 1.29 is 31.9 Å². The maximum absolute atomic E-state index is 11.9. The molecule has 3 aliphatic rings. The third-order valence-corrected chi connectivity index (χ3v) is 12.3. The van der Waals surface area contributed by atoms with E-state index >= 15 is 0 Å². The van der Waals surface area contributed by atoms with Gasteiger partial charge in [0.2, 0.25) is 0 Å². The Bertz CT molecular complexity index is 875. The minimum atomic E-state index is -0.470. The van der Waals surface area contributed by atoms with E-state index in [4.69, 9.17) is 4.74 Å². The first kappa shape index (κ1) is 29.9. The molecule has 0 amide bonds. The van der Waals surface area contributed by atoms with E-state index in [0.717, 1.165) is 10.9 Å². The summed E-state index contributed by atoms with van der Waals surface area (Å²) in [5, 5.41) is 1.04. The number of nitrogens with zero attached hydrogens (tertiary/aromatic N) is 1. The van der Waals surface area contributed by atoms with E-state index in [1.54, 1.807) is 83.2 Å². The molecule has 1 aromatic carbocycles. The zero-order valence-corrected chi connectivity index (χ0v) is 25.9. The van der Waals surface area contributed by atoms with Gasteiger partial charge in [0.05, 0.1) is 5.52 Å². The number of aromatic nitrogens is 1. The van der Waals surface area contributed by atoms with Crippen LogP contribution in [0, 0.1) is 0 Å². The van der Waals surface area contributed by atoms with E-state index in [9.17, 15) is 4.79 Å². The fourth-order valence-corrected chi connectivity index (χ4v) is 11.3. The molecule has 3 saturated carbocycles. The quantitative estimate of drug-likeness (QED) is 0.237. The monoisotopic (exact) mass is 694 g/mol. The minimum Gasteiger partial charge on any atom is -0.443 e. The Hall–Kier alpha value is -0.600. The van der Waals surface area contributed by atoms with Crippen LogP contribution in [0.3, 0.4) is 0 Å². The third kappa shape index (κ3) is 8.45. The third-order valence-electron chi connectivity index (χ3n) is 8.18. The first-order valence-electron chi connectivity index (χ1n) is 14.5. The Labute approximate surface area is 236 Å². The van der Waals surface area contributed by atoms with Gasteiger partial charge in [-0.1, -0.05) is 83.9 Å². The summed E-state index contributed by atoms with van der Waals surface area (Å²) in [5.74, 6) is 0. The van der Waals surface area contributed by atoms with Crippen LogP contribution in [-0.2, 0) is 27.1 Å². The van der Waals surface area contributed by atoms with Gasteiger partial charge in [0.25, 0.3) is 0 Å². The van der Waals surface area contributed by atoms with Crippen molar-refractivity contribution in [2.24, 2.45) is 0 Å².